The van der Waals surface area contributed by atoms with E-state index in [-0.39, 0.29) is 5.91 Å². The minimum Gasteiger partial charge on any atom is -0.304 e. The lowest BCUT2D eigenvalue weighted by Crippen LogP contribution is -2.12. The Kier molecular flexibility index (Phi) is 3.00. The Hall–Kier alpha value is -1.69. The van der Waals surface area contributed by atoms with Crippen LogP contribution in [0.1, 0.15) is 10.4 Å². The quantitative estimate of drug-likeness (QED) is 0.913. The monoisotopic (exact) mass is 280 g/mol. The minimum atomic E-state index is -0.207. The van der Waals surface area contributed by atoms with Crippen LogP contribution in [0.3, 0.4) is 0 Å². The summed E-state index contributed by atoms with van der Waals surface area (Å²) in [6.07, 6.45) is 1.50. The van der Waals surface area contributed by atoms with Crippen LogP contribution in [0.5, 0.6) is 0 Å². The first kappa shape index (κ1) is 10.8. The summed E-state index contributed by atoms with van der Waals surface area (Å²) < 4.78 is 0.860. The Morgan fingerprint density at radius 2 is 2.31 bits per heavy atom. The van der Waals surface area contributed by atoms with Crippen LogP contribution in [0.25, 0.3) is 0 Å². The number of hydrogen-bond donors (Lipinski definition) is 1. The van der Waals surface area contributed by atoms with E-state index in [4.69, 9.17) is 0 Å². The lowest BCUT2D eigenvalue weighted by atomic mass is 10.2. The van der Waals surface area contributed by atoms with Gasteiger partial charge in [0.15, 0.2) is 5.82 Å². The maximum atomic E-state index is 11.8. The van der Waals surface area contributed by atoms with Crippen LogP contribution in [0.15, 0.2) is 34.9 Å². The Morgan fingerprint density at radius 1 is 1.50 bits per heavy atom. The molecule has 0 bridgehead atoms. The normalized spacial score (nSPS) is 10.1. The number of halogens is 1. The molecular formula is C10H9BrN4O. The van der Waals surface area contributed by atoms with E-state index in [1.807, 2.05) is 6.07 Å². The zero-order chi connectivity index (χ0) is 11.5. The van der Waals surface area contributed by atoms with Gasteiger partial charge in [0.2, 0.25) is 0 Å². The summed E-state index contributed by atoms with van der Waals surface area (Å²) >= 11 is 3.31. The Bertz CT molecular complexity index is 523. The molecule has 0 aliphatic carbocycles. The summed E-state index contributed by atoms with van der Waals surface area (Å²) in [6.45, 7) is 0. The zero-order valence-corrected chi connectivity index (χ0v) is 10.1. The van der Waals surface area contributed by atoms with Gasteiger partial charge in [0.25, 0.3) is 5.91 Å². The molecule has 0 aliphatic rings. The first-order valence-electron chi connectivity index (χ1n) is 4.58. The van der Waals surface area contributed by atoms with Gasteiger partial charge < -0.3 is 5.32 Å². The molecular weight excluding hydrogens is 272 g/mol. The lowest BCUT2D eigenvalue weighted by Gasteiger charge is -2.01. The maximum absolute atomic E-state index is 11.8. The average Bonchev–Trinajstić information content (AvgIpc) is 2.64. The highest BCUT2D eigenvalue weighted by atomic mass is 79.9. The van der Waals surface area contributed by atoms with E-state index < -0.39 is 0 Å². The fraction of sp³-hybridized carbons (Fsp3) is 0.100. The molecule has 2 rings (SSSR count). The largest absolute Gasteiger partial charge is 0.304 e. The van der Waals surface area contributed by atoms with Crippen LogP contribution >= 0.6 is 15.9 Å². The standard InChI is InChI=1S/C10H9BrN4O/c1-15-12-6-9(14-15)13-10(16)7-3-2-4-8(11)5-7/h2-6H,1H3,(H,13,14,16). The fourth-order valence-electron chi connectivity index (χ4n) is 1.22. The van der Waals surface area contributed by atoms with Gasteiger partial charge in [-0.25, -0.2) is 0 Å². The molecule has 0 saturated carbocycles. The molecule has 0 fully saturated rings. The van der Waals surface area contributed by atoms with E-state index in [2.05, 4.69) is 31.4 Å². The van der Waals surface area contributed by atoms with Gasteiger partial charge in [-0.3, -0.25) is 4.79 Å². The van der Waals surface area contributed by atoms with Crippen molar-refractivity contribution in [3.8, 4) is 0 Å². The number of carbonyl (C=O) groups excluding carboxylic acids is 1. The van der Waals surface area contributed by atoms with E-state index in [9.17, 15) is 4.79 Å². The van der Waals surface area contributed by atoms with Crippen LogP contribution < -0.4 is 5.32 Å². The summed E-state index contributed by atoms with van der Waals surface area (Å²) in [7, 11) is 1.69. The number of rotatable bonds is 2. The van der Waals surface area contributed by atoms with Gasteiger partial charge in [-0.05, 0) is 18.2 Å². The predicted molar refractivity (Wildman–Crippen MR) is 63.1 cm³/mol. The van der Waals surface area contributed by atoms with Gasteiger partial charge >= 0.3 is 0 Å². The second-order valence-electron chi connectivity index (χ2n) is 3.18. The van der Waals surface area contributed by atoms with Gasteiger partial charge in [-0.15, -0.1) is 5.10 Å². The minimum absolute atomic E-state index is 0.207. The molecule has 1 N–H and O–H groups in total. The third-order valence-electron chi connectivity index (χ3n) is 1.93. The van der Waals surface area contributed by atoms with Crippen molar-refractivity contribution in [2.75, 3.05) is 5.32 Å². The molecule has 1 amide bonds. The number of nitrogens with zero attached hydrogens (tertiary/aromatic N) is 3. The molecule has 82 valence electrons. The van der Waals surface area contributed by atoms with E-state index in [0.29, 0.717) is 11.4 Å². The van der Waals surface area contributed by atoms with Gasteiger partial charge in [-0.1, -0.05) is 22.0 Å². The summed E-state index contributed by atoms with van der Waals surface area (Å²) in [5.41, 5.74) is 0.569. The molecule has 0 spiro atoms. The topological polar surface area (TPSA) is 59.8 Å². The first-order valence-corrected chi connectivity index (χ1v) is 5.38. The Balaban J connectivity index is 2.14. The first-order chi connectivity index (χ1) is 7.65. The van der Waals surface area contributed by atoms with Crippen molar-refractivity contribution in [2.24, 2.45) is 7.05 Å². The molecule has 1 heterocycles. The number of nitrogens with one attached hydrogen (secondary N) is 1. The van der Waals surface area contributed by atoms with Crippen molar-refractivity contribution < 1.29 is 4.79 Å². The number of benzene rings is 1. The summed E-state index contributed by atoms with van der Waals surface area (Å²) in [5.74, 6) is 0.231. The second kappa shape index (κ2) is 4.44. The van der Waals surface area contributed by atoms with Crippen LogP contribution in [-0.4, -0.2) is 20.9 Å². The van der Waals surface area contributed by atoms with Gasteiger partial charge in [-0.2, -0.15) is 9.90 Å². The number of aryl methyl sites for hydroxylation is 1. The number of amides is 1. The summed E-state index contributed by atoms with van der Waals surface area (Å²) in [4.78, 5) is 13.2. The van der Waals surface area contributed by atoms with Crippen molar-refractivity contribution in [3.63, 3.8) is 0 Å². The predicted octanol–water partition coefficient (Wildman–Crippen LogP) is 1.83. The van der Waals surface area contributed by atoms with Crippen molar-refractivity contribution in [1.82, 2.24) is 15.0 Å². The SMILES string of the molecule is Cn1ncc(NC(=O)c2cccc(Br)c2)n1. The average molecular weight is 281 g/mol. The molecule has 16 heavy (non-hydrogen) atoms. The van der Waals surface area contributed by atoms with Gasteiger partial charge in [0.1, 0.15) is 0 Å². The van der Waals surface area contributed by atoms with E-state index in [1.54, 1.807) is 25.2 Å². The molecule has 0 aliphatic heterocycles. The van der Waals surface area contributed by atoms with Crippen LogP contribution in [0.4, 0.5) is 5.82 Å². The van der Waals surface area contributed by atoms with Gasteiger partial charge in [0.05, 0.1) is 6.20 Å². The van der Waals surface area contributed by atoms with Crippen LogP contribution in [0.2, 0.25) is 0 Å². The summed E-state index contributed by atoms with van der Waals surface area (Å²) in [5, 5.41) is 10.5. The fourth-order valence-corrected chi connectivity index (χ4v) is 1.62. The molecule has 0 unspecified atom stereocenters. The summed E-state index contributed by atoms with van der Waals surface area (Å²) in [6, 6.07) is 7.14. The molecule has 0 radical (unpaired) electrons. The van der Waals surface area contributed by atoms with Crippen molar-refractivity contribution in [1.29, 1.82) is 0 Å². The van der Waals surface area contributed by atoms with E-state index in [1.165, 1.54) is 11.0 Å². The third kappa shape index (κ3) is 2.46. The number of carbonyl (C=O) groups is 1. The molecule has 5 nitrogen and oxygen atoms in total. The molecule has 0 saturated heterocycles. The second-order valence-corrected chi connectivity index (χ2v) is 4.10. The van der Waals surface area contributed by atoms with Gasteiger partial charge in [0, 0.05) is 17.1 Å². The van der Waals surface area contributed by atoms with Crippen molar-refractivity contribution in [2.45, 2.75) is 0 Å². The highest BCUT2D eigenvalue weighted by Gasteiger charge is 2.07. The highest BCUT2D eigenvalue weighted by molar-refractivity contribution is 9.10. The smallest absolute Gasteiger partial charge is 0.256 e. The van der Waals surface area contributed by atoms with Crippen molar-refractivity contribution >= 4 is 27.7 Å². The number of hydrogen-bond acceptors (Lipinski definition) is 3. The number of anilines is 1. The maximum Gasteiger partial charge on any atom is 0.256 e. The lowest BCUT2D eigenvalue weighted by molar-refractivity contribution is 0.102. The molecule has 1 aromatic carbocycles. The van der Waals surface area contributed by atoms with Crippen molar-refractivity contribution in [3.05, 3.63) is 40.5 Å². The van der Waals surface area contributed by atoms with E-state index >= 15 is 0 Å². The molecule has 1 aromatic heterocycles. The highest BCUT2D eigenvalue weighted by Crippen LogP contribution is 2.12. The Labute approximate surface area is 101 Å². The third-order valence-corrected chi connectivity index (χ3v) is 2.42. The molecule has 6 heteroatoms. The van der Waals surface area contributed by atoms with E-state index in [0.717, 1.165) is 4.47 Å². The molecule has 0 atom stereocenters. The van der Waals surface area contributed by atoms with Crippen LogP contribution in [-0.2, 0) is 7.05 Å². The van der Waals surface area contributed by atoms with Crippen LogP contribution in [0, 0.1) is 0 Å². The molecule has 2 aromatic rings. The Morgan fingerprint density at radius 3 is 2.94 bits per heavy atom. The zero-order valence-electron chi connectivity index (χ0n) is 8.51. The number of aromatic nitrogens is 3.